The highest BCUT2D eigenvalue weighted by molar-refractivity contribution is 6.19. The molecule has 0 amide bonds. The van der Waals surface area contributed by atoms with Crippen LogP contribution in [0.25, 0.3) is 109 Å². The number of nitrogens with zero attached hydrogens (tertiary/aromatic N) is 2. The second-order valence-electron chi connectivity index (χ2n) is 18.1. The topological polar surface area (TPSA) is 49.9 Å². The summed E-state index contributed by atoms with van der Waals surface area (Å²) in [5.74, 6) is 1.47. The maximum absolute atomic E-state index is 6.75. The Balaban J connectivity index is 0.870. The Kier molecular flexibility index (Phi) is 8.93. The van der Waals surface area contributed by atoms with Crippen LogP contribution in [0.1, 0.15) is 22.9 Å². The van der Waals surface area contributed by atoms with Gasteiger partial charge in [-0.05, 0) is 124 Å². The average molecular weight is 880 g/mol. The standard InChI is InChI=1S/C65H41N3O/c1-3-14-44-36-46(30-26-40(44)12-1)42-24-28-43(29-25-42)63-66-64(49-31-27-41-13-2-4-15-45(41)37-49)68-65(67-63)57-35-34-55(52-19-8-9-20-53(52)57)56-22-11-23-60-62(56)58-33-32-48(39-61(58)69-60)59-38-47-16-5-6-17-50(47)51-18-7-10-21-54(51)59/h1-39,65H,(H,66,67,68). The van der Waals surface area contributed by atoms with E-state index in [1.54, 1.807) is 0 Å². The van der Waals surface area contributed by atoms with Crippen molar-refractivity contribution in [2.75, 3.05) is 0 Å². The molecule has 1 unspecified atom stereocenters. The quantitative estimate of drug-likeness (QED) is 0.169. The number of benzene rings is 12. The van der Waals surface area contributed by atoms with Crippen molar-refractivity contribution in [3.8, 4) is 33.4 Å². The summed E-state index contributed by atoms with van der Waals surface area (Å²) in [6.07, 6.45) is -0.409. The van der Waals surface area contributed by atoms with Crippen molar-refractivity contribution in [3.63, 3.8) is 0 Å². The molecule has 0 bridgehead atoms. The van der Waals surface area contributed by atoms with Gasteiger partial charge in [0.15, 0.2) is 5.84 Å². The molecule has 1 N–H and O–H groups in total. The molecule has 1 aliphatic rings. The first-order chi connectivity index (χ1) is 34.2. The number of rotatable bonds is 6. The van der Waals surface area contributed by atoms with E-state index in [0.29, 0.717) is 5.84 Å². The van der Waals surface area contributed by atoms with Crippen molar-refractivity contribution in [1.82, 2.24) is 5.32 Å². The molecule has 69 heavy (non-hydrogen) atoms. The van der Waals surface area contributed by atoms with Crippen molar-refractivity contribution < 1.29 is 4.42 Å². The Hall–Kier alpha value is -9.12. The van der Waals surface area contributed by atoms with E-state index < -0.39 is 6.17 Å². The third kappa shape index (κ3) is 6.60. The summed E-state index contributed by atoms with van der Waals surface area (Å²) >= 11 is 0. The second-order valence-corrected chi connectivity index (χ2v) is 18.1. The van der Waals surface area contributed by atoms with E-state index in [9.17, 15) is 0 Å². The molecular weight excluding hydrogens is 839 g/mol. The third-order valence-corrected chi connectivity index (χ3v) is 14.1. The van der Waals surface area contributed by atoms with Gasteiger partial charge in [-0.25, -0.2) is 9.98 Å². The van der Waals surface area contributed by atoms with E-state index in [4.69, 9.17) is 14.4 Å². The molecule has 0 aliphatic carbocycles. The second kappa shape index (κ2) is 15.8. The Morgan fingerprint density at radius 2 is 0.928 bits per heavy atom. The number of hydrogen-bond donors (Lipinski definition) is 1. The van der Waals surface area contributed by atoms with E-state index in [1.807, 2.05) is 0 Å². The Morgan fingerprint density at radius 3 is 1.70 bits per heavy atom. The lowest BCUT2D eigenvalue weighted by molar-refractivity contribution is 0.669. The number of fused-ring (bicyclic) bond motifs is 9. The van der Waals surface area contributed by atoms with Gasteiger partial charge in [0.25, 0.3) is 0 Å². The predicted molar refractivity (Wildman–Crippen MR) is 289 cm³/mol. The smallest absolute Gasteiger partial charge is 0.159 e. The summed E-state index contributed by atoms with van der Waals surface area (Å²) < 4.78 is 6.75. The molecule has 0 saturated heterocycles. The van der Waals surface area contributed by atoms with Crippen molar-refractivity contribution in [1.29, 1.82) is 0 Å². The summed E-state index contributed by atoms with van der Waals surface area (Å²) in [6.45, 7) is 0. The Bertz CT molecular complexity index is 4290. The van der Waals surface area contributed by atoms with Gasteiger partial charge in [0.05, 0.1) is 0 Å². The highest BCUT2D eigenvalue weighted by atomic mass is 16.3. The minimum Gasteiger partial charge on any atom is -0.456 e. The molecule has 0 saturated carbocycles. The zero-order valence-electron chi connectivity index (χ0n) is 37.4. The van der Waals surface area contributed by atoms with Crippen LogP contribution in [0.2, 0.25) is 0 Å². The number of amidine groups is 2. The molecule has 1 atom stereocenters. The molecule has 1 aliphatic heterocycles. The van der Waals surface area contributed by atoms with Gasteiger partial charge in [0, 0.05) is 27.5 Å². The van der Waals surface area contributed by atoms with Crippen LogP contribution in [-0.2, 0) is 0 Å². The summed E-state index contributed by atoms with van der Waals surface area (Å²) in [7, 11) is 0. The highest BCUT2D eigenvalue weighted by Crippen LogP contribution is 2.43. The van der Waals surface area contributed by atoms with Crippen LogP contribution in [0.3, 0.4) is 0 Å². The first kappa shape index (κ1) is 39.1. The zero-order valence-corrected chi connectivity index (χ0v) is 37.4. The van der Waals surface area contributed by atoms with Crippen molar-refractivity contribution in [3.05, 3.63) is 253 Å². The van der Waals surface area contributed by atoms with Crippen LogP contribution in [0, 0.1) is 0 Å². The number of furan rings is 1. The molecular formula is C65H41N3O. The fourth-order valence-corrected chi connectivity index (χ4v) is 10.7. The lowest BCUT2D eigenvalue weighted by Gasteiger charge is -2.25. The van der Waals surface area contributed by atoms with E-state index in [-0.39, 0.29) is 0 Å². The fourth-order valence-electron chi connectivity index (χ4n) is 10.7. The van der Waals surface area contributed by atoms with Gasteiger partial charge < -0.3 is 9.73 Å². The summed E-state index contributed by atoms with van der Waals surface area (Å²) in [6, 6.07) is 84.8. The van der Waals surface area contributed by atoms with Gasteiger partial charge in [0.1, 0.15) is 23.2 Å². The van der Waals surface area contributed by atoms with Crippen LogP contribution in [0.4, 0.5) is 0 Å². The number of nitrogens with one attached hydrogen (secondary N) is 1. The van der Waals surface area contributed by atoms with Crippen molar-refractivity contribution in [2.24, 2.45) is 9.98 Å². The molecule has 12 aromatic carbocycles. The van der Waals surface area contributed by atoms with Crippen LogP contribution in [0.5, 0.6) is 0 Å². The molecule has 13 aromatic rings. The maximum Gasteiger partial charge on any atom is 0.159 e. The van der Waals surface area contributed by atoms with E-state index in [2.05, 4.69) is 242 Å². The Labute approximate surface area is 398 Å². The fraction of sp³-hybridized carbons (Fsp3) is 0.0154. The lowest BCUT2D eigenvalue weighted by Crippen LogP contribution is -2.33. The normalized spacial score (nSPS) is 13.9. The first-order valence-electron chi connectivity index (χ1n) is 23.6. The molecule has 322 valence electrons. The van der Waals surface area contributed by atoms with Crippen LogP contribution < -0.4 is 5.32 Å². The molecule has 14 rings (SSSR count). The van der Waals surface area contributed by atoms with Crippen molar-refractivity contribution >= 4 is 87.5 Å². The third-order valence-electron chi connectivity index (χ3n) is 14.1. The highest BCUT2D eigenvalue weighted by Gasteiger charge is 2.25. The molecule has 0 fully saturated rings. The molecule has 4 heteroatoms. The predicted octanol–water partition coefficient (Wildman–Crippen LogP) is 16.8. The summed E-state index contributed by atoms with van der Waals surface area (Å²) in [5.41, 5.74) is 11.7. The molecule has 0 spiro atoms. The minimum atomic E-state index is -0.409. The molecule has 0 radical (unpaired) electrons. The summed E-state index contributed by atoms with van der Waals surface area (Å²) in [5, 5.41) is 18.0. The van der Waals surface area contributed by atoms with Gasteiger partial charge >= 0.3 is 0 Å². The maximum atomic E-state index is 6.75. The van der Waals surface area contributed by atoms with Gasteiger partial charge in [0.2, 0.25) is 0 Å². The molecule has 2 heterocycles. The first-order valence-corrected chi connectivity index (χ1v) is 23.6. The lowest BCUT2D eigenvalue weighted by atomic mass is 9.91. The van der Waals surface area contributed by atoms with E-state index >= 15 is 0 Å². The SMILES string of the molecule is c1ccc2cc(C3=NC(c4ccc(-c5cccc6oc7cc(-c8cc9ccccc9c9ccccc89)ccc7c56)c5ccccc45)NC(c4ccc(-c5ccc6ccccc6c5)cc4)=N3)ccc2c1. The van der Waals surface area contributed by atoms with Gasteiger partial charge in [-0.1, -0.05) is 200 Å². The average Bonchev–Trinajstić information content (AvgIpc) is 3.80. The van der Waals surface area contributed by atoms with Gasteiger partial charge in [-0.3, -0.25) is 0 Å². The number of aliphatic imine (C=N–C) groups is 2. The molecule has 4 nitrogen and oxygen atoms in total. The monoisotopic (exact) mass is 879 g/mol. The number of hydrogen-bond acceptors (Lipinski definition) is 4. The van der Waals surface area contributed by atoms with E-state index in [0.717, 1.165) is 82.9 Å². The van der Waals surface area contributed by atoms with Crippen LogP contribution in [0.15, 0.2) is 251 Å². The van der Waals surface area contributed by atoms with E-state index in [1.165, 1.54) is 48.8 Å². The van der Waals surface area contributed by atoms with Gasteiger partial charge in [-0.15, -0.1) is 0 Å². The van der Waals surface area contributed by atoms with Crippen LogP contribution in [-0.4, -0.2) is 11.7 Å². The van der Waals surface area contributed by atoms with Crippen LogP contribution >= 0.6 is 0 Å². The van der Waals surface area contributed by atoms with Gasteiger partial charge in [-0.2, -0.15) is 0 Å². The minimum absolute atomic E-state index is 0.409. The zero-order chi connectivity index (χ0) is 45.4. The largest absolute Gasteiger partial charge is 0.456 e. The van der Waals surface area contributed by atoms with Crippen molar-refractivity contribution in [2.45, 2.75) is 6.17 Å². The Morgan fingerprint density at radius 1 is 0.333 bits per heavy atom. The summed E-state index contributed by atoms with van der Waals surface area (Å²) in [4.78, 5) is 10.7. The molecule has 1 aromatic heterocycles.